The van der Waals surface area contributed by atoms with Gasteiger partial charge in [0.25, 0.3) is 0 Å². The molecule has 14 heavy (non-hydrogen) atoms. The number of hydrogen-bond donors (Lipinski definition) is 1. The Morgan fingerprint density at radius 1 is 1.86 bits per heavy atom. The van der Waals surface area contributed by atoms with Crippen LogP contribution in [0.15, 0.2) is 9.30 Å². The van der Waals surface area contributed by atoms with Gasteiger partial charge in [0.2, 0.25) is 0 Å². The minimum absolute atomic E-state index is 0.423. The number of rotatable bonds is 5. The van der Waals surface area contributed by atoms with Crippen molar-refractivity contribution in [3.05, 3.63) is 15.0 Å². The summed E-state index contributed by atoms with van der Waals surface area (Å²) in [4.78, 5) is 15.0. The zero-order valence-corrected chi connectivity index (χ0v) is 9.97. The van der Waals surface area contributed by atoms with E-state index in [1.807, 2.05) is 0 Å². The number of thiazole rings is 1. The molecule has 0 aromatic carbocycles. The molecule has 0 aliphatic heterocycles. The fourth-order valence-electron chi connectivity index (χ4n) is 1.06. The summed E-state index contributed by atoms with van der Waals surface area (Å²) in [6.45, 7) is 0.423. The number of hydrogen-bond acceptors (Lipinski definition) is 4. The lowest BCUT2D eigenvalue weighted by Gasteiger charge is -2.08. The van der Waals surface area contributed by atoms with Gasteiger partial charge in [-0.05, 0) is 22.4 Å². The number of halogens is 1. The van der Waals surface area contributed by atoms with Gasteiger partial charge in [0.1, 0.15) is 5.92 Å². The molecule has 6 heteroatoms. The minimum Gasteiger partial charge on any atom is -0.481 e. The lowest BCUT2D eigenvalue weighted by atomic mass is 10.0. The number of aliphatic carboxylic acids is 1. The molecule has 0 amide bonds. The first kappa shape index (κ1) is 11.6. The van der Waals surface area contributed by atoms with Gasteiger partial charge in [0.05, 0.1) is 5.69 Å². The van der Waals surface area contributed by atoms with E-state index in [0.29, 0.717) is 22.6 Å². The monoisotopic (exact) mass is 279 g/mol. The van der Waals surface area contributed by atoms with Crippen molar-refractivity contribution in [1.82, 2.24) is 4.98 Å². The molecule has 4 nitrogen and oxygen atoms in total. The van der Waals surface area contributed by atoms with Crippen molar-refractivity contribution in [3.63, 3.8) is 0 Å². The van der Waals surface area contributed by atoms with Crippen molar-refractivity contribution in [1.29, 1.82) is 0 Å². The summed E-state index contributed by atoms with van der Waals surface area (Å²) in [6.07, 6.45) is 0.446. The molecule has 0 saturated carbocycles. The third kappa shape index (κ3) is 3.04. The molecule has 0 radical (unpaired) electrons. The molecular formula is C8H10BrNO3S. The first-order chi connectivity index (χ1) is 6.65. The quantitative estimate of drug-likeness (QED) is 0.897. The third-order valence-corrected chi connectivity index (χ3v) is 3.14. The second kappa shape index (κ2) is 5.43. The number of nitrogens with zero attached hydrogens (tertiary/aromatic N) is 1. The summed E-state index contributed by atoms with van der Waals surface area (Å²) in [5, 5.41) is 10.7. The molecule has 0 aliphatic rings. The Kier molecular flexibility index (Phi) is 4.50. The summed E-state index contributed by atoms with van der Waals surface area (Å²) in [6, 6.07) is 0. The maximum atomic E-state index is 10.9. The minimum atomic E-state index is -0.861. The van der Waals surface area contributed by atoms with Gasteiger partial charge in [-0.3, -0.25) is 4.79 Å². The second-order valence-electron chi connectivity index (χ2n) is 2.70. The van der Waals surface area contributed by atoms with Gasteiger partial charge in [0.15, 0.2) is 3.92 Å². The van der Waals surface area contributed by atoms with Gasteiger partial charge in [-0.25, -0.2) is 4.98 Å². The molecule has 1 aromatic rings. The second-order valence-corrected chi connectivity index (χ2v) is 4.83. The predicted molar refractivity (Wildman–Crippen MR) is 56.7 cm³/mol. The van der Waals surface area contributed by atoms with Gasteiger partial charge in [-0.15, -0.1) is 11.3 Å². The lowest BCUT2D eigenvalue weighted by Crippen LogP contribution is -2.14. The Balaban J connectivity index is 2.72. The van der Waals surface area contributed by atoms with Crippen LogP contribution in [0, 0.1) is 0 Å². The van der Waals surface area contributed by atoms with Gasteiger partial charge >= 0.3 is 5.97 Å². The molecular weight excluding hydrogens is 270 g/mol. The summed E-state index contributed by atoms with van der Waals surface area (Å²) < 4.78 is 5.56. The molecule has 1 aromatic heterocycles. The van der Waals surface area contributed by atoms with E-state index < -0.39 is 11.9 Å². The summed E-state index contributed by atoms with van der Waals surface area (Å²) in [7, 11) is 1.55. The highest BCUT2D eigenvalue weighted by Gasteiger charge is 2.21. The normalized spacial score (nSPS) is 12.7. The van der Waals surface area contributed by atoms with Gasteiger partial charge in [-0.1, -0.05) is 0 Å². The van der Waals surface area contributed by atoms with Crippen molar-refractivity contribution >= 4 is 33.2 Å². The summed E-state index contributed by atoms with van der Waals surface area (Å²) in [5.41, 5.74) is 0.589. The van der Waals surface area contributed by atoms with Crippen molar-refractivity contribution in [3.8, 4) is 0 Å². The summed E-state index contributed by atoms with van der Waals surface area (Å²) in [5.74, 6) is -1.43. The first-order valence-electron chi connectivity index (χ1n) is 3.97. The van der Waals surface area contributed by atoms with Crippen LogP contribution in [0.5, 0.6) is 0 Å². The Bertz CT molecular complexity index is 315. The molecule has 78 valence electrons. The van der Waals surface area contributed by atoms with E-state index in [0.717, 1.165) is 0 Å². The molecule has 1 N–H and O–H groups in total. The standard InChI is InChI=1S/C8H10BrNO3S/c1-13-3-2-5(7(11)12)6-4-14-8(9)10-6/h4-5H,2-3H2,1H3,(H,11,12). The number of ether oxygens (including phenoxy) is 1. The van der Waals surface area contributed by atoms with E-state index >= 15 is 0 Å². The van der Waals surface area contributed by atoms with E-state index in [9.17, 15) is 4.79 Å². The number of aromatic nitrogens is 1. The molecule has 0 spiro atoms. The Labute approximate surface area is 94.1 Å². The summed E-state index contributed by atoms with van der Waals surface area (Å²) >= 11 is 4.59. The van der Waals surface area contributed by atoms with Crippen molar-refractivity contribution in [2.45, 2.75) is 12.3 Å². The number of methoxy groups -OCH3 is 1. The first-order valence-corrected chi connectivity index (χ1v) is 5.65. The van der Waals surface area contributed by atoms with Crippen LogP contribution in [0.3, 0.4) is 0 Å². The lowest BCUT2D eigenvalue weighted by molar-refractivity contribution is -0.139. The van der Waals surface area contributed by atoms with E-state index in [1.165, 1.54) is 11.3 Å². The largest absolute Gasteiger partial charge is 0.481 e. The smallest absolute Gasteiger partial charge is 0.312 e. The highest BCUT2D eigenvalue weighted by Crippen LogP contribution is 2.24. The molecule has 0 saturated heterocycles. The molecule has 0 aliphatic carbocycles. The SMILES string of the molecule is COCCC(C(=O)O)c1csc(Br)n1. The topological polar surface area (TPSA) is 59.4 Å². The predicted octanol–water partition coefficient (Wildman–Crippen LogP) is 2.11. The Hall–Kier alpha value is -0.460. The molecule has 1 unspecified atom stereocenters. The van der Waals surface area contributed by atoms with Crippen LogP contribution in [0.4, 0.5) is 0 Å². The van der Waals surface area contributed by atoms with E-state index in [1.54, 1.807) is 12.5 Å². The van der Waals surface area contributed by atoms with E-state index in [2.05, 4.69) is 20.9 Å². The number of carboxylic acid groups (broad SMARTS) is 1. The van der Waals surface area contributed by atoms with Gasteiger partial charge < -0.3 is 9.84 Å². The molecule has 1 rings (SSSR count). The average Bonchev–Trinajstić information content (AvgIpc) is 2.52. The van der Waals surface area contributed by atoms with Crippen LogP contribution < -0.4 is 0 Å². The van der Waals surface area contributed by atoms with Crippen molar-refractivity contribution < 1.29 is 14.6 Å². The molecule has 1 atom stereocenters. The molecule has 0 fully saturated rings. The molecule has 1 heterocycles. The van der Waals surface area contributed by atoms with Crippen LogP contribution in [-0.4, -0.2) is 29.8 Å². The third-order valence-electron chi connectivity index (χ3n) is 1.76. The fraction of sp³-hybridized carbons (Fsp3) is 0.500. The van der Waals surface area contributed by atoms with Crippen LogP contribution in [0.25, 0.3) is 0 Å². The highest BCUT2D eigenvalue weighted by atomic mass is 79.9. The van der Waals surface area contributed by atoms with Crippen molar-refractivity contribution in [2.24, 2.45) is 0 Å². The fourth-order valence-corrected chi connectivity index (χ4v) is 2.14. The van der Waals surface area contributed by atoms with Gasteiger partial charge in [0, 0.05) is 19.1 Å². The zero-order valence-electron chi connectivity index (χ0n) is 7.57. The Morgan fingerprint density at radius 3 is 3.00 bits per heavy atom. The zero-order chi connectivity index (χ0) is 10.6. The van der Waals surface area contributed by atoms with Crippen LogP contribution >= 0.6 is 27.3 Å². The average molecular weight is 280 g/mol. The molecule has 0 bridgehead atoms. The van der Waals surface area contributed by atoms with E-state index in [4.69, 9.17) is 9.84 Å². The van der Waals surface area contributed by atoms with Crippen LogP contribution in [-0.2, 0) is 9.53 Å². The van der Waals surface area contributed by atoms with Crippen LogP contribution in [0.1, 0.15) is 18.0 Å². The maximum Gasteiger partial charge on any atom is 0.312 e. The number of carboxylic acids is 1. The maximum absolute atomic E-state index is 10.9. The highest BCUT2D eigenvalue weighted by molar-refractivity contribution is 9.11. The van der Waals surface area contributed by atoms with Gasteiger partial charge in [-0.2, -0.15) is 0 Å². The van der Waals surface area contributed by atoms with E-state index in [-0.39, 0.29) is 0 Å². The van der Waals surface area contributed by atoms with Crippen LogP contribution in [0.2, 0.25) is 0 Å². The number of carbonyl (C=O) groups is 1. The Morgan fingerprint density at radius 2 is 2.57 bits per heavy atom. The van der Waals surface area contributed by atoms with Crippen molar-refractivity contribution in [2.75, 3.05) is 13.7 Å².